The second-order valence-corrected chi connectivity index (χ2v) is 11.2. The molecule has 3 aromatic heterocycles. The normalized spacial score (nSPS) is 18.9. The van der Waals surface area contributed by atoms with Crippen molar-refractivity contribution < 1.29 is 17.9 Å². The number of halogens is 1. The van der Waals surface area contributed by atoms with Gasteiger partial charge >= 0.3 is 0 Å². The summed E-state index contributed by atoms with van der Waals surface area (Å²) < 4.78 is 42.2. The van der Waals surface area contributed by atoms with Crippen LogP contribution >= 0.6 is 0 Å². The lowest BCUT2D eigenvalue weighted by Crippen LogP contribution is -2.35. The Morgan fingerprint density at radius 1 is 1.11 bits per heavy atom. The summed E-state index contributed by atoms with van der Waals surface area (Å²) in [6.45, 7) is 2.76. The molecule has 1 atom stereocenters. The van der Waals surface area contributed by atoms with Gasteiger partial charge in [0.1, 0.15) is 11.6 Å². The maximum atomic E-state index is 15.2. The van der Waals surface area contributed by atoms with E-state index in [-0.39, 0.29) is 12.4 Å². The molecule has 1 aromatic carbocycles. The lowest BCUT2D eigenvalue weighted by molar-refractivity contribution is 0.163. The molecule has 2 aliphatic rings. The van der Waals surface area contributed by atoms with Gasteiger partial charge in [-0.25, -0.2) is 22.5 Å². The highest BCUT2D eigenvalue weighted by Gasteiger charge is 2.28. The van der Waals surface area contributed by atoms with Crippen LogP contribution in [0.25, 0.3) is 21.9 Å². The van der Waals surface area contributed by atoms with Crippen molar-refractivity contribution in [2.24, 2.45) is 0 Å². The van der Waals surface area contributed by atoms with E-state index >= 15 is 4.39 Å². The van der Waals surface area contributed by atoms with Gasteiger partial charge in [-0.2, -0.15) is 9.40 Å². The molecule has 0 aliphatic carbocycles. The highest BCUT2D eigenvalue weighted by Crippen LogP contribution is 2.38. The minimum Gasteiger partial charge on any atom is -0.387 e. The van der Waals surface area contributed by atoms with Gasteiger partial charge in [-0.1, -0.05) is 0 Å². The summed E-state index contributed by atoms with van der Waals surface area (Å²) in [4.78, 5) is 8.79. The summed E-state index contributed by atoms with van der Waals surface area (Å²) in [6.07, 6.45) is 3.13. The Kier molecular flexibility index (Phi) is 5.21. The summed E-state index contributed by atoms with van der Waals surface area (Å²) in [5.74, 6) is 0.369. The Hall–Kier alpha value is -3.61. The number of aliphatic hydroxyl groups excluding tert-OH is 1. The fraction of sp³-hybridized carbons (Fsp3) is 0.292. The van der Waals surface area contributed by atoms with Gasteiger partial charge in [-0.3, -0.25) is 4.98 Å². The minimum absolute atomic E-state index is 0.214. The number of benzene rings is 1. The van der Waals surface area contributed by atoms with Gasteiger partial charge in [0.2, 0.25) is 10.0 Å². The quantitative estimate of drug-likeness (QED) is 0.384. The van der Waals surface area contributed by atoms with Crippen LogP contribution in [-0.2, 0) is 22.4 Å². The number of aliphatic hydroxyl groups is 1. The van der Waals surface area contributed by atoms with E-state index in [0.717, 1.165) is 22.3 Å². The van der Waals surface area contributed by atoms with Crippen LogP contribution in [0.1, 0.15) is 29.5 Å². The lowest BCUT2D eigenvalue weighted by Gasteiger charge is -2.25. The van der Waals surface area contributed by atoms with Gasteiger partial charge in [-0.05, 0) is 42.5 Å². The van der Waals surface area contributed by atoms with Crippen molar-refractivity contribution in [1.82, 2.24) is 24.1 Å². The molecule has 36 heavy (non-hydrogen) atoms. The zero-order valence-electron chi connectivity index (χ0n) is 19.7. The first kappa shape index (κ1) is 22.8. The predicted molar refractivity (Wildman–Crippen MR) is 134 cm³/mol. The van der Waals surface area contributed by atoms with E-state index in [0.29, 0.717) is 46.8 Å². The Labute approximate surface area is 206 Å². The van der Waals surface area contributed by atoms with Gasteiger partial charge in [0.05, 0.1) is 29.7 Å². The molecular formula is C24H24FN7O3S. The van der Waals surface area contributed by atoms with Crippen LogP contribution < -0.4 is 10.6 Å². The number of sulfonamides is 1. The SMILES string of the molecule is Cc1c(-c2cc3cc(Nc4cc5n(n4)CS(=O)(=O)N(C)C5)ncc3cc2F)cnc2c1NCC[C@H]2O. The Morgan fingerprint density at radius 3 is 2.78 bits per heavy atom. The standard InChI is InChI=1S/C24H24FN7O3S/c1-13-18(10-28-24-20(33)3-4-26-23(13)24)17-5-14-7-21(27-9-15(14)6-19(17)25)29-22-8-16-11-31(2)36(34,35)12-32(16)30-22/h5-10,20,26,33H,3-4,11-12H2,1-2H3,(H,27,29,30)/t20-/m1/s1. The molecule has 3 N–H and O–H groups in total. The van der Waals surface area contributed by atoms with Gasteiger partial charge in [0.15, 0.2) is 11.7 Å². The molecule has 0 amide bonds. The van der Waals surface area contributed by atoms with Crippen LogP contribution in [0.3, 0.4) is 0 Å². The molecule has 0 spiro atoms. The molecule has 2 aliphatic heterocycles. The lowest BCUT2D eigenvalue weighted by atomic mass is 9.95. The number of nitrogens with one attached hydrogen (secondary N) is 2. The van der Waals surface area contributed by atoms with Crippen molar-refractivity contribution in [3.8, 4) is 11.1 Å². The van der Waals surface area contributed by atoms with E-state index in [9.17, 15) is 13.5 Å². The molecule has 4 aromatic rings. The van der Waals surface area contributed by atoms with E-state index in [1.54, 1.807) is 37.6 Å². The summed E-state index contributed by atoms with van der Waals surface area (Å²) in [6, 6.07) is 6.78. The largest absolute Gasteiger partial charge is 0.387 e. The summed E-state index contributed by atoms with van der Waals surface area (Å²) >= 11 is 0. The van der Waals surface area contributed by atoms with Crippen molar-refractivity contribution in [1.29, 1.82) is 0 Å². The van der Waals surface area contributed by atoms with E-state index < -0.39 is 21.9 Å². The molecule has 0 radical (unpaired) electrons. The van der Waals surface area contributed by atoms with Crippen molar-refractivity contribution in [2.45, 2.75) is 31.9 Å². The van der Waals surface area contributed by atoms with Crippen molar-refractivity contribution in [2.75, 3.05) is 24.2 Å². The number of hydrogen-bond donors (Lipinski definition) is 3. The molecule has 0 saturated carbocycles. The van der Waals surface area contributed by atoms with E-state index in [1.807, 2.05) is 6.92 Å². The zero-order valence-corrected chi connectivity index (χ0v) is 20.5. The Balaban J connectivity index is 1.35. The van der Waals surface area contributed by atoms with Crippen LogP contribution in [0.5, 0.6) is 0 Å². The third kappa shape index (κ3) is 3.77. The third-order valence-electron chi connectivity index (χ3n) is 6.77. The number of anilines is 3. The van der Waals surface area contributed by atoms with Crippen LogP contribution in [0.15, 0.2) is 36.7 Å². The second kappa shape index (κ2) is 8.22. The molecule has 0 bridgehead atoms. The van der Waals surface area contributed by atoms with Gasteiger partial charge in [0, 0.05) is 48.6 Å². The average molecular weight is 510 g/mol. The van der Waals surface area contributed by atoms with Crippen LogP contribution in [0.4, 0.5) is 21.7 Å². The van der Waals surface area contributed by atoms with Crippen LogP contribution in [-0.4, -0.2) is 51.2 Å². The van der Waals surface area contributed by atoms with E-state index in [1.165, 1.54) is 15.1 Å². The monoisotopic (exact) mass is 509 g/mol. The van der Waals surface area contributed by atoms with E-state index in [4.69, 9.17) is 0 Å². The summed E-state index contributed by atoms with van der Waals surface area (Å²) in [7, 11) is -1.84. The highest BCUT2D eigenvalue weighted by molar-refractivity contribution is 7.88. The molecule has 5 heterocycles. The van der Waals surface area contributed by atoms with Crippen LogP contribution in [0, 0.1) is 12.7 Å². The number of pyridine rings is 2. The molecule has 186 valence electrons. The molecule has 0 fully saturated rings. The number of aromatic nitrogens is 4. The first-order chi connectivity index (χ1) is 17.2. The minimum atomic E-state index is -3.38. The molecule has 10 nitrogen and oxygen atoms in total. The average Bonchev–Trinajstić information content (AvgIpc) is 3.20. The number of fused-ring (bicyclic) bond motifs is 3. The predicted octanol–water partition coefficient (Wildman–Crippen LogP) is 3.27. The van der Waals surface area contributed by atoms with Crippen LogP contribution in [0.2, 0.25) is 0 Å². The second-order valence-electron chi connectivity index (χ2n) is 9.18. The van der Waals surface area contributed by atoms with Crippen molar-refractivity contribution in [3.05, 3.63) is 59.4 Å². The van der Waals surface area contributed by atoms with Crippen molar-refractivity contribution in [3.63, 3.8) is 0 Å². The Bertz CT molecular complexity index is 1640. The topological polar surface area (TPSA) is 125 Å². The number of rotatable bonds is 3. The van der Waals surface area contributed by atoms with Gasteiger partial charge in [-0.15, -0.1) is 0 Å². The molecule has 6 rings (SSSR count). The molecule has 12 heteroatoms. The third-order valence-corrected chi connectivity index (χ3v) is 8.41. The maximum Gasteiger partial charge on any atom is 0.234 e. The number of hydrogen-bond acceptors (Lipinski definition) is 8. The summed E-state index contributed by atoms with van der Waals surface area (Å²) in [5.41, 5.74) is 3.98. The molecule has 0 saturated heterocycles. The van der Waals surface area contributed by atoms with Gasteiger partial charge in [0.25, 0.3) is 0 Å². The first-order valence-corrected chi connectivity index (χ1v) is 13.1. The summed E-state index contributed by atoms with van der Waals surface area (Å²) in [5, 5.41) is 22.4. The fourth-order valence-corrected chi connectivity index (χ4v) is 5.81. The Morgan fingerprint density at radius 2 is 1.94 bits per heavy atom. The number of nitrogens with zero attached hydrogens (tertiary/aromatic N) is 5. The van der Waals surface area contributed by atoms with E-state index in [2.05, 4.69) is 25.7 Å². The fourth-order valence-electron chi connectivity index (χ4n) is 4.75. The zero-order chi connectivity index (χ0) is 25.2. The van der Waals surface area contributed by atoms with Crippen molar-refractivity contribution >= 4 is 38.1 Å². The first-order valence-electron chi connectivity index (χ1n) is 11.5. The molecular weight excluding hydrogens is 485 g/mol. The smallest absolute Gasteiger partial charge is 0.234 e. The maximum absolute atomic E-state index is 15.2. The molecule has 0 unspecified atom stereocenters. The highest BCUT2D eigenvalue weighted by atomic mass is 32.2. The van der Waals surface area contributed by atoms with Gasteiger partial charge < -0.3 is 15.7 Å².